The molecular weight excluding hydrogens is 294 g/mol. The number of aliphatic hydroxyl groups excluding tert-OH is 1. The van der Waals surface area contributed by atoms with E-state index in [1.807, 2.05) is 4.90 Å². The Hall–Kier alpha value is -1.57. The van der Waals surface area contributed by atoms with Crippen LogP contribution in [0.25, 0.3) is 0 Å². The molecule has 1 atom stereocenters. The van der Waals surface area contributed by atoms with E-state index in [9.17, 15) is 18.7 Å². The molecule has 0 aliphatic carbocycles. The van der Waals surface area contributed by atoms with E-state index in [2.05, 4.69) is 0 Å². The third-order valence-corrected chi connectivity index (χ3v) is 3.51. The zero-order valence-electron chi connectivity index (χ0n) is 12.5. The maximum Gasteiger partial charge on any atom is 0.253 e. The number of rotatable bonds is 5. The summed E-state index contributed by atoms with van der Waals surface area (Å²) in [6.07, 6.45) is -0.731. The standard InChI is InChI=1S/C15H20F2N2O3/c1-18(9-14(20)10-19-2-4-22-5-3-19)15(21)11-6-12(16)8-13(17)7-11/h6-8,14,20H,2-5,9-10H2,1H3. The zero-order valence-corrected chi connectivity index (χ0v) is 12.5. The molecule has 22 heavy (non-hydrogen) atoms. The molecule has 2 rings (SSSR count). The summed E-state index contributed by atoms with van der Waals surface area (Å²) in [5.74, 6) is -2.13. The number of hydrogen-bond acceptors (Lipinski definition) is 4. The first-order valence-electron chi connectivity index (χ1n) is 7.15. The van der Waals surface area contributed by atoms with Crippen LogP contribution in [-0.2, 0) is 4.74 Å². The number of nitrogens with zero attached hydrogens (tertiary/aromatic N) is 2. The minimum Gasteiger partial charge on any atom is -0.390 e. The summed E-state index contributed by atoms with van der Waals surface area (Å²) >= 11 is 0. The van der Waals surface area contributed by atoms with Crippen LogP contribution in [0.3, 0.4) is 0 Å². The molecule has 5 nitrogen and oxygen atoms in total. The molecule has 1 heterocycles. The summed E-state index contributed by atoms with van der Waals surface area (Å²) in [6.45, 7) is 3.26. The lowest BCUT2D eigenvalue weighted by Gasteiger charge is -2.30. The van der Waals surface area contributed by atoms with E-state index < -0.39 is 23.6 Å². The second kappa shape index (κ2) is 7.62. The van der Waals surface area contributed by atoms with Gasteiger partial charge in [-0.15, -0.1) is 0 Å². The molecule has 1 saturated heterocycles. The van der Waals surface area contributed by atoms with Gasteiger partial charge in [0.2, 0.25) is 0 Å². The fourth-order valence-electron chi connectivity index (χ4n) is 2.44. The van der Waals surface area contributed by atoms with Crippen LogP contribution >= 0.6 is 0 Å². The summed E-state index contributed by atoms with van der Waals surface area (Å²) < 4.78 is 31.5. The Morgan fingerprint density at radius 3 is 2.50 bits per heavy atom. The molecule has 1 fully saturated rings. The summed E-state index contributed by atoms with van der Waals surface area (Å²) in [7, 11) is 1.49. The first-order chi connectivity index (χ1) is 10.5. The average molecular weight is 314 g/mol. The highest BCUT2D eigenvalue weighted by molar-refractivity contribution is 5.94. The van der Waals surface area contributed by atoms with Crippen molar-refractivity contribution < 1.29 is 23.4 Å². The van der Waals surface area contributed by atoms with Crippen LogP contribution in [0.4, 0.5) is 8.78 Å². The van der Waals surface area contributed by atoms with Crippen LogP contribution in [-0.4, -0.2) is 73.4 Å². The number of hydrogen-bond donors (Lipinski definition) is 1. The van der Waals surface area contributed by atoms with Crippen molar-refractivity contribution in [1.82, 2.24) is 9.80 Å². The molecule has 122 valence electrons. The van der Waals surface area contributed by atoms with E-state index in [0.29, 0.717) is 25.8 Å². The number of carbonyl (C=O) groups is 1. The molecule has 7 heteroatoms. The Morgan fingerprint density at radius 1 is 1.32 bits per heavy atom. The van der Waals surface area contributed by atoms with Crippen LogP contribution in [0, 0.1) is 11.6 Å². The van der Waals surface area contributed by atoms with Crippen molar-refractivity contribution in [2.24, 2.45) is 0 Å². The number of amides is 1. The molecule has 1 aliphatic heterocycles. The molecule has 0 saturated carbocycles. The first kappa shape index (κ1) is 16.8. The second-order valence-electron chi connectivity index (χ2n) is 5.41. The van der Waals surface area contributed by atoms with E-state index in [4.69, 9.17) is 4.74 Å². The third kappa shape index (κ3) is 4.72. The normalized spacial score (nSPS) is 17.3. The van der Waals surface area contributed by atoms with Crippen molar-refractivity contribution in [3.63, 3.8) is 0 Å². The minimum absolute atomic E-state index is 0.0708. The van der Waals surface area contributed by atoms with Gasteiger partial charge in [0.05, 0.1) is 19.3 Å². The van der Waals surface area contributed by atoms with Crippen LogP contribution in [0.2, 0.25) is 0 Å². The van der Waals surface area contributed by atoms with Crippen molar-refractivity contribution in [1.29, 1.82) is 0 Å². The second-order valence-corrected chi connectivity index (χ2v) is 5.41. The Balaban J connectivity index is 1.89. The fourth-order valence-corrected chi connectivity index (χ4v) is 2.44. The molecule has 1 aliphatic rings. The number of benzene rings is 1. The fraction of sp³-hybridized carbons (Fsp3) is 0.533. The van der Waals surface area contributed by atoms with Crippen molar-refractivity contribution in [3.8, 4) is 0 Å². The van der Waals surface area contributed by atoms with Gasteiger partial charge in [-0.3, -0.25) is 9.69 Å². The summed E-state index contributed by atoms with van der Waals surface area (Å²) in [4.78, 5) is 15.4. The number of ether oxygens (including phenoxy) is 1. The van der Waals surface area contributed by atoms with Crippen molar-refractivity contribution >= 4 is 5.91 Å². The molecule has 1 unspecified atom stereocenters. The Bertz CT molecular complexity index is 501. The number of morpholine rings is 1. The lowest BCUT2D eigenvalue weighted by Crippen LogP contribution is -2.45. The van der Waals surface area contributed by atoms with Crippen LogP contribution in [0.15, 0.2) is 18.2 Å². The van der Waals surface area contributed by atoms with Gasteiger partial charge in [0.15, 0.2) is 0 Å². The van der Waals surface area contributed by atoms with E-state index in [-0.39, 0.29) is 12.1 Å². The van der Waals surface area contributed by atoms with Gasteiger partial charge in [-0.1, -0.05) is 0 Å². The summed E-state index contributed by atoms with van der Waals surface area (Å²) in [6, 6.07) is 2.68. The van der Waals surface area contributed by atoms with Gasteiger partial charge in [0.1, 0.15) is 11.6 Å². The van der Waals surface area contributed by atoms with E-state index >= 15 is 0 Å². The maximum absolute atomic E-state index is 13.1. The Morgan fingerprint density at radius 2 is 1.91 bits per heavy atom. The largest absolute Gasteiger partial charge is 0.390 e. The van der Waals surface area contributed by atoms with E-state index in [0.717, 1.165) is 25.2 Å². The van der Waals surface area contributed by atoms with E-state index in [1.165, 1.54) is 11.9 Å². The predicted octanol–water partition coefficient (Wildman–Crippen LogP) is 0.730. The molecule has 0 spiro atoms. The molecule has 0 bridgehead atoms. The highest BCUT2D eigenvalue weighted by atomic mass is 19.1. The van der Waals surface area contributed by atoms with Crippen molar-refractivity contribution in [2.45, 2.75) is 6.10 Å². The minimum atomic E-state index is -0.800. The van der Waals surface area contributed by atoms with E-state index in [1.54, 1.807) is 0 Å². The Labute approximate surface area is 128 Å². The van der Waals surface area contributed by atoms with Crippen LogP contribution < -0.4 is 0 Å². The number of aliphatic hydroxyl groups is 1. The van der Waals surface area contributed by atoms with Crippen molar-refractivity contribution in [2.75, 3.05) is 46.4 Å². The number of likely N-dealkylation sites (N-methyl/N-ethyl adjacent to an activating group) is 1. The van der Waals surface area contributed by atoms with Crippen LogP contribution in [0.5, 0.6) is 0 Å². The first-order valence-corrected chi connectivity index (χ1v) is 7.15. The summed E-state index contributed by atoms with van der Waals surface area (Å²) in [5.41, 5.74) is -0.0708. The average Bonchev–Trinajstić information content (AvgIpc) is 2.46. The molecule has 0 aromatic heterocycles. The Kier molecular flexibility index (Phi) is 5.82. The molecule has 1 aromatic rings. The SMILES string of the molecule is CN(CC(O)CN1CCOCC1)C(=O)c1cc(F)cc(F)c1. The number of halogens is 2. The van der Waals surface area contributed by atoms with Gasteiger partial charge in [-0.25, -0.2) is 8.78 Å². The number of β-amino-alcohol motifs (C(OH)–C–C–N with tert-alkyl or cyclic N) is 1. The van der Waals surface area contributed by atoms with Crippen molar-refractivity contribution in [3.05, 3.63) is 35.4 Å². The lowest BCUT2D eigenvalue weighted by molar-refractivity contribution is 0.00878. The van der Waals surface area contributed by atoms with Gasteiger partial charge in [-0.2, -0.15) is 0 Å². The molecule has 1 amide bonds. The quantitative estimate of drug-likeness (QED) is 0.870. The molecule has 1 aromatic carbocycles. The lowest BCUT2D eigenvalue weighted by atomic mass is 10.2. The van der Waals surface area contributed by atoms with Gasteiger partial charge in [0, 0.05) is 44.9 Å². The number of carbonyl (C=O) groups excluding carboxylic acids is 1. The van der Waals surface area contributed by atoms with Gasteiger partial charge < -0.3 is 14.7 Å². The molecule has 0 radical (unpaired) electrons. The topological polar surface area (TPSA) is 53.0 Å². The summed E-state index contributed by atoms with van der Waals surface area (Å²) in [5, 5.41) is 10.1. The maximum atomic E-state index is 13.1. The van der Waals surface area contributed by atoms with Gasteiger partial charge >= 0.3 is 0 Å². The van der Waals surface area contributed by atoms with Gasteiger partial charge in [-0.05, 0) is 12.1 Å². The molecule has 1 N–H and O–H groups in total. The predicted molar refractivity (Wildman–Crippen MR) is 76.6 cm³/mol. The third-order valence-electron chi connectivity index (χ3n) is 3.51. The zero-order chi connectivity index (χ0) is 16.1. The molecular formula is C15H20F2N2O3. The van der Waals surface area contributed by atoms with Crippen LogP contribution in [0.1, 0.15) is 10.4 Å². The highest BCUT2D eigenvalue weighted by Crippen LogP contribution is 2.10. The smallest absolute Gasteiger partial charge is 0.253 e. The monoisotopic (exact) mass is 314 g/mol. The highest BCUT2D eigenvalue weighted by Gasteiger charge is 2.20. The van der Waals surface area contributed by atoms with Gasteiger partial charge in [0.25, 0.3) is 5.91 Å².